The predicted octanol–water partition coefficient (Wildman–Crippen LogP) is 5.20. The summed E-state index contributed by atoms with van der Waals surface area (Å²) in [5.74, 6) is -3.13. The molecule has 0 amide bonds. The molecule has 2 N–H and O–H groups in total. The molecule has 0 saturated carbocycles. The average molecular weight is 857 g/mol. The van der Waals surface area contributed by atoms with Gasteiger partial charge in [0, 0.05) is 51.7 Å². The molecule has 4 fully saturated rings. The van der Waals surface area contributed by atoms with E-state index < -0.39 is 90.8 Å². The van der Waals surface area contributed by atoms with Gasteiger partial charge in [-0.25, -0.2) is 0 Å². The number of methoxy groups -OCH3 is 2. The zero-order chi connectivity index (χ0) is 44.0. The van der Waals surface area contributed by atoms with E-state index in [-0.39, 0.29) is 48.8 Å². The fraction of sp³-hybridized carbons (Fsp3) is 0.745. The maximum Gasteiger partial charge on any atom is 0.316 e. The van der Waals surface area contributed by atoms with E-state index in [4.69, 9.17) is 47.4 Å². The molecular weight excluding hydrogens is 789 g/mol. The van der Waals surface area contributed by atoms with E-state index in [1.54, 1.807) is 34.1 Å². The third kappa shape index (κ3) is 9.47. The lowest BCUT2D eigenvalue weighted by Crippen LogP contribution is -2.57. The van der Waals surface area contributed by atoms with Gasteiger partial charge in [0.05, 0.1) is 49.3 Å². The first kappa shape index (κ1) is 46.4. The summed E-state index contributed by atoms with van der Waals surface area (Å²) in [5.41, 5.74) is -0.237. The van der Waals surface area contributed by atoms with Gasteiger partial charge in [0.2, 0.25) is 0 Å². The molecule has 6 heterocycles. The number of aliphatic hydroxyl groups is 2. The molecule has 340 valence electrons. The van der Waals surface area contributed by atoms with Crippen molar-refractivity contribution in [2.45, 2.75) is 179 Å². The second kappa shape index (κ2) is 18.9. The maximum atomic E-state index is 14.3. The van der Waals surface area contributed by atoms with E-state index in [9.17, 15) is 19.8 Å². The molecule has 14 heteroatoms. The molecule has 61 heavy (non-hydrogen) atoms. The van der Waals surface area contributed by atoms with Crippen LogP contribution in [0.1, 0.15) is 87.5 Å². The van der Waals surface area contributed by atoms with Crippen LogP contribution in [0.4, 0.5) is 0 Å². The Morgan fingerprint density at radius 1 is 0.869 bits per heavy atom. The van der Waals surface area contributed by atoms with E-state index in [0.717, 1.165) is 5.57 Å². The number of carbonyl (C=O) groups excluding carboxylic acids is 2. The summed E-state index contributed by atoms with van der Waals surface area (Å²) in [5, 5.41) is 22.9. The van der Waals surface area contributed by atoms with Gasteiger partial charge in [-0.15, -0.1) is 0 Å². The van der Waals surface area contributed by atoms with Gasteiger partial charge in [-0.2, -0.15) is 0 Å². The first-order chi connectivity index (χ1) is 29.0. The normalized spacial score (nSPS) is 48.1. The van der Waals surface area contributed by atoms with Crippen LogP contribution >= 0.6 is 0 Å². The van der Waals surface area contributed by atoms with Crippen LogP contribution in [0.25, 0.3) is 0 Å². The molecular formula is C47H68O14. The van der Waals surface area contributed by atoms with Crippen molar-refractivity contribution < 1.29 is 67.2 Å². The predicted molar refractivity (Wildman–Crippen MR) is 222 cm³/mol. The van der Waals surface area contributed by atoms with Crippen molar-refractivity contribution >= 4 is 11.8 Å². The van der Waals surface area contributed by atoms with Gasteiger partial charge < -0.3 is 57.6 Å². The molecule has 1 aliphatic carbocycles. The zero-order valence-corrected chi connectivity index (χ0v) is 37.4. The van der Waals surface area contributed by atoms with Crippen molar-refractivity contribution in [2.24, 2.45) is 23.7 Å². The number of aliphatic hydroxyl groups excluding tert-OH is 1. The van der Waals surface area contributed by atoms with Gasteiger partial charge in [0.15, 0.2) is 30.3 Å². The number of ether oxygens (including phenoxy) is 10. The average Bonchev–Trinajstić information content (AvgIpc) is 3.56. The van der Waals surface area contributed by atoms with Gasteiger partial charge in [-0.05, 0) is 62.8 Å². The van der Waals surface area contributed by atoms with Gasteiger partial charge >= 0.3 is 5.97 Å². The number of hydrogen-bond acceptors (Lipinski definition) is 14. The molecule has 0 aromatic carbocycles. The summed E-state index contributed by atoms with van der Waals surface area (Å²) < 4.78 is 63.3. The van der Waals surface area contributed by atoms with Crippen molar-refractivity contribution in [3.05, 3.63) is 59.3 Å². The molecule has 18 atom stereocenters. The fourth-order valence-electron chi connectivity index (χ4n) is 10.3. The molecule has 6 aliphatic heterocycles. The topological polar surface area (TPSA) is 167 Å². The number of Topliss-reactive ketones (excluding diaryl/α,β-unsaturated/α-hetero) is 1. The molecule has 1 spiro atoms. The van der Waals surface area contributed by atoms with Crippen LogP contribution in [-0.4, -0.2) is 134 Å². The van der Waals surface area contributed by atoms with Gasteiger partial charge in [-0.3, -0.25) is 9.59 Å². The number of carbonyl (C=O) groups is 2. The lowest BCUT2D eigenvalue weighted by atomic mass is 9.71. The second-order valence-electron chi connectivity index (χ2n) is 18.6. The third-order valence-electron chi connectivity index (χ3n) is 13.8. The number of allylic oxidation sites excluding steroid dienone is 2. The molecule has 0 aromatic rings. The summed E-state index contributed by atoms with van der Waals surface area (Å²) in [4.78, 5) is 27.7. The minimum atomic E-state index is -1.93. The number of hydrogen-bond donors (Lipinski definition) is 2. The van der Waals surface area contributed by atoms with Crippen molar-refractivity contribution in [1.29, 1.82) is 0 Å². The Kier molecular flexibility index (Phi) is 14.3. The Labute approximate surface area is 360 Å². The Morgan fingerprint density at radius 3 is 2.30 bits per heavy atom. The first-order valence-electron chi connectivity index (χ1n) is 22.2. The summed E-state index contributed by atoms with van der Waals surface area (Å²) in [6.07, 6.45) is 8.06. The molecule has 4 saturated heterocycles. The van der Waals surface area contributed by atoms with E-state index in [1.165, 1.54) is 6.08 Å². The van der Waals surface area contributed by atoms with Crippen molar-refractivity contribution in [2.75, 3.05) is 20.8 Å². The summed E-state index contributed by atoms with van der Waals surface area (Å²) in [6, 6.07) is 0. The zero-order valence-electron chi connectivity index (χ0n) is 37.4. The monoisotopic (exact) mass is 856 g/mol. The summed E-state index contributed by atoms with van der Waals surface area (Å²) >= 11 is 0. The van der Waals surface area contributed by atoms with Gasteiger partial charge in [0.1, 0.15) is 29.8 Å². The van der Waals surface area contributed by atoms with Crippen LogP contribution in [0.3, 0.4) is 0 Å². The van der Waals surface area contributed by atoms with Crippen LogP contribution in [0.2, 0.25) is 0 Å². The smallest absolute Gasteiger partial charge is 0.316 e. The molecule has 7 aliphatic rings. The van der Waals surface area contributed by atoms with E-state index in [1.807, 2.05) is 39.0 Å². The number of fused-ring (bicyclic) bond motifs is 2. The second-order valence-corrected chi connectivity index (χ2v) is 18.6. The lowest BCUT2D eigenvalue weighted by Gasteiger charge is -2.48. The lowest BCUT2D eigenvalue weighted by molar-refractivity contribution is -0.318. The molecule has 0 radical (unpaired) electrons. The van der Waals surface area contributed by atoms with Gasteiger partial charge in [0.25, 0.3) is 0 Å². The minimum absolute atomic E-state index is 0.0296. The third-order valence-corrected chi connectivity index (χ3v) is 13.8. The largest absolute Gasteiger partial charge is 0.462 e. The summed E-state index contributed by atoms with van der Waals surface area (Å²) in [6.45, 7) is 15.8. The highest BCUT2D eigenvalue weighted by Crippen LogP contribution is 2.46. The van der Waals surface area contributed by atoms with E-state index in [0.29, 0.717) is 36.8 Å². The van der Waals surface area contributed by atoms with Crippen LogP contribution in [0.15, 0.2) is 59.3 Å². The number of ketones is 1. The van der Waals surface area contributed by atoms with Gasteiger partial charge in [-0.1, -0.05) is 64.2 Å². The summed E-state index contributed by atoms with van der Waals surface area (Å²) in [7, 11) is 3.21. The first-order valence-corrected chi connectivity index (χ1v) is 22.2. The molecule has 0 unspecified atom stereocenters. The SMILES string of the molecule is CO[C@H]1C[C@H](O[C@H]2[C@H](C)O[C@@H](O[C@@H]3/C(C)=C/C[C@@H]4C[C@@H](C[C@]5(C=C[C@H](C)[C@@H](C(C)C)O5)O4)OC(=O)[C@@H]4C=C(C)C(=O)[C@H]5OC/C(=C\C=C\[C@@H]3C)[C@]54O)C[C@@H]2OC)O[C@@H](C)[C@@H]1O. The van der Waals surface area contributed by atoms with E-state index >= 15 is 0 Å². The quantitative estimate of drug-likeness (QED) is 0.254. The van der Waals surface area contributed by atoms with Crippen LogP contribution in [0, 0.1) is 23.7 Å². The Morgan fingerprint density at radius 2 is 1.57 bits per heavy atom. The Balaban J connectivity index is 1.18. The molecule has 2 bridgehead atoms. The van der Waals surface area contributed by atoms with Crippen LogP contribution in [0.5, 0.6) is 0 Å². The Hall–Kier alpha value is -2.60. The molecule has 0 aromatic heterocycles. The highest BCUT2D eigenvalue weighted by molar-refractivity contribution is 6.03. The molecule has 14 nitrogen and oxygen atoms in total. The highest BCUT2D eigenvalue weighted by atomic mass is 16.7. The number of rotatable bonds is 7. The van der Waals surface area contributed by atoms with Crippen LogP contribution in [-0.2, 0) is 57.0 Å². The Bertz CT molecular complexity index is 1750. The van der Waals surface area contributed by atoms with Crippen LogP contribution < -0.4 is 0 Å². The van der Waals surface area contributed by atoms with Crippen molar-refractivity contribution in [3.8, 4) is 0 Å². The van der Waals surface area contributed by atoms with Crippen molar-refractivity contribution in [1.82, 2.24) is 0 Å². The van der Waals surface area contributed by atoms with E-state index in [2.05, 4.69) is 32.9 Å². The minimum Gasteiger partial charge on any atom is -0.462 e. The molecule has 7 rings (SSSR count). The maximum absolute atomic E-state index is 14.3. The van der Waals surface area contributed by atoms with Crippen molar-refractivity contribution in [3.63, 3.8) is 0 Å². The fourth-order valence-corrected chi connectivity index (χ4v) is 10.3. The highest BCUT2D eigenvalue weighted by Gasteiger charge is 2.60. The standard InChI is InChI=1S/C47H68O14/c1-24(2)41-27(5)16-17-46(61-41)22-33-19-32(60-46)15-14-26(4)42(25(3)12-11-13-31-23-54-44-39(48)28(6)18-34(45(50)57-33)47(31,44)51)58-38-21-36(53-10)43(30(8)56-38)59-37-20-35(52-9)40(49)29(7)55-37/h11-14,16-18,24-25,27,29-30,32-38,40-44,49,51H,15,19-23H2,1-10H3/b12-11+,26-14+,31-13+/t25-,27-,29-,30-,32+,33-,34-,35-,36-,37-,38-,40-,41+,42-,43-,44+,46+,47+/m0/s1. The number of esters is 1.